The first-order chi connectivity index (χ1) is 11.4. The summed E-state index contributed by atoms with van der Waals surface area (Å²) in [6.07, 6.45) is 3.90. The number of carbonyl (C=O) groups excluding carboxylic acids is 1. The van der Waals surface area contributed by atoms with Crippen LogP contribution in [0.15, 0.2) is 28.0 Å². The normalized spacial score (nSPS) is 24.5. The van der Waals surface area contributed by atoms with Gasteiger partial charge >= 0.3 is 0 Å². The molecule has 0 saturated heterocycles. The van der Waals surface area contributed by atoms with Crippen molar-refractivity contribution in [3.05, 3.63) is 18.2 Å². The number of benzene rings is 1. The molecule has 24 heavy (non-hydrogen) atoms. The quantitative estimate of drug-likeness (QED) is 0.891. The molecule has 132 valence electrons. The third-order valence-electron chi connectivity index (χ3n) is 4.82. The largest absolute Gasteiger partial charge is 0.311 e. The highest BCUT2D eigenvalue weighted by molar-refractivity contribution is 7.99. The Morgan fingerprint density at radius 2 is 1.96 bits per heavy atom. The van der Waals surface area contributed by atoms with Crippen molar-refractivity contribution in [2.24, 2.45) is 5.92 Å². The summed E-state index contributed by atoms with van der Waals surface area (Å²) in [5.41, 5.74) is 0.707. The smallest absolute Gasteiger partial charge is 0.240 e. The molecular weight excluding hydrogens is 344 g/mol. The predicted octanol–water partition coefficient (Wildman–Crippen LogP) is 3.00. The molecule has 1 amide bonds. The summed E-state index contributed by atoms with van der Waals surface area (Å²) < 4.78 is 28.3. The van der Waals surface area contributed by atoms with Crippen molar-refractivity contribution in [3.8, 4) is 0 Å². The van der Waals surface area contributed by atoms with Crippen LogP contribution in [0.3, 0.4) is 0 Å². The van der Waals surface area contributed by atoms with E-state index in [1.165, 1.54) is 6.92 Å². The van der Waals surface area contributed by atoms with Crippen LogP contribution < -0.4 is 9.62 Å². The Bertz CT molecular complexity index is 725. The zero-order valence-corrected chi connectivity index (χ0v) is 15.8. The van der Waals surface area contributed by atoms with Gasteiger partial charge in [0.1, 0.15) is 0 Å². The summed E-state index contributed by atoms with van der Waals surface area (Å²) in [6, 6.07) is 5.10. The van der Waals surface area contributed by atoms with Gasteiger partial charge in [0.25, 0.3) is 0 Å². The summed E-state index contributed by atoms with van der Waals surface area (Å²) in [4.78, 5) is 14.7. The molecule has 0 bridgehead atoms. The summed E-state index contributed by atoms with van der Waals surface area (Å²) >= 11 is 1.66. The number of nitrogens with zero attached hydrogens (tertiary/aromatic N) is 1. The first kappa shape index (κ1) is 17.8. The van der Waals surface area contributed by atoms with Gasteiger partial charge in [0.05, 0.1) is 10.6 Å². The average Bonchev–Trinajstić information content (AvgIpc) is 2.55. The maximum atomic E-state index is 12.7. The fourth-order valence-corrected chi connectivity index (χ4v) is 5.66. The van der Waals surface area contributed by atoms with Gasteiger partial charge in [-0.2, -0.15) is 0 Å². The molecule has 1 heterocycles. The van der Waals surface area contributed by atoms with E-state index in [2.05, 4.69) is 11.6 Å². The van der Waals surface area contributed by atoms with Crippen LogP contribution in [0.2, 0.25) is 0 Å². The molecule has 5 nitrogen and oxygen atoms in total. The monoisotopic (exact) mass is 368 g/mol. The van der Waals surface area contributed by atoms with E-state index in [0.29, 0.717) is 18.2 Å². The zero-order chi connectivity index (χ0) is 17.3. The van der Waals surface area contributed by atoms with Crippen molar-refractivity contribution < 1.29 is 13.2 Å². The van der Waals surface area contributed by atoms with E-state index in [9.17, 15) is 13.2 Å². The lowest BCUT2D eigenvalue weighted by Crippen LogP contribution is -2.37. The molecule has 1 aromatic carbocycles. The number of sulfonamides is 1. The number of amides is 1. The van der Waals surface area contributed by atoms with Gasteiger partial charge < -0.3 is 4.90 Å². The molecule has 3 rings (SSSR count). The van der Waals surface area contributed by atoms with Crippen LogP contribution in [0.25, 0.3) is 0 Å². The topological polar surface area (TPSA) is 66.5 Å². The number of anilines is 1. The van der Waals surface area contributed by atoms with E-state index >= 15 is 0 Å². The van der Waals surface area contributed by atoms with Gasteiger partial charge in [-0.3, -0.25) is 4.79 Å². The highest BCUT2D eigenvalue weighted by atomic mass is 32.2. The van der Waals surface area contributed by atoms with Gasteiger partial charge in [-0.1, -0.05) is 6.92 Å². The lowest BCUT2D eigenvalue weighted by atomic mass is 9.88. The Morgan fingerprint density at radius 1 is 1.25 bits per heavy atom. The van der Waals surface area contributed by atoms with Gasteiger partial charge in [-0.05, 0) is 49.8 Å². The predicted molar refractivity (Wildman–Crippen MR) is 96.9 cm³/mol. The summed E-state index contributed by atoms with van der Waals surface area (Å²) in [5.74, 6) is 1.45. The molecule has 0 spiro atoms. The molecule has 1 saturated carbocycles. The molecule has 1 N–H and O–H groups in total. The van der Waals surface area contributed by atoms with Crippen molar-refractivity contribution in [2.45, 2.75) is 55.4 Å². The summed E-state index contributed by atoms with van der Waals surface area (Å²) in [7, 11) is -3.56. The van der Waals surface area contributed by atoms with Gasteiger partial charge in [0, 0.05) is 30.2 Å². The van der Waals surface area contributed by atoms with Crippen LogP contribution in [0.4, 0.5) is 5.69 Å². The average molecular weight is 369 g/mol. The van der Waals surface area contributed by atoms with Crippen LogP contribution in [-0.2, 0) is 14.8 Å². The Kier molecular flexibility index (Phi) is 5.22. The van der Waals surface area contributed by atoms with E-state index in [1.54, 1.807) is 28.8 Å². The van der Waals surface area contributed by atoms with Gasteiger partial charge in [0.2, 0.25) is 15.9 Å². The second kappa shape index (κ2) is 7.06. The molecule has 0 radical (unpaired) electrons. The number of thioether (sulfide) groups is 1. The number of hydrogen-bond acceptors (Lipinski definition) is 4. The number of hydrogen-bond donors (Lipinski definition) is 1. The van der Waals surface area contributed by atoms with E-state index in [0.717, 1.165) is 36.3 Å². The minimum atomic E-state index is -3.56. The maximum absolute atomic E-state index is 12.7. The first-order valence-electron chi connectivity index (χ1n) is 8.44. The van der Waals surface area contributed by atoms with E-state index < -0.39 is 10.0 Å². The summed E-state index contributed by atoms with van der Waals surface area (Å²) in [5, 5.41) is 0. The second-order valence-electron chi connectivity index (χ2n) is 6.73. The van der Waals surface area contributed by atoms with Crippen molar-refractivity contribution in [1.82, 2.24) is 4.72 Å². The summed E-state index contributed by atoms with van der Waals surface area (Å²) in [6.45, 7) is 4.34. The van der Waals surface area contributed by atoms with Crippen LogP contribution in [0, 0.1) is 5.92 Å². The minimum absolute atomic E-state index is 0.0144. The molecule has 0 aromatic heterocycles. The molecule has 1 aliphatic heterocycles. The Hall–Kier alpha value is -1.05. The van der Waals surface area contributed by atoms with Crippen molar-refractivity contribution in [3.63, 3.8) is 0 Å². The Balaban J connectivity index is 1.83. The molecule has 0 atom stereocenters. The zero-order valence-electron chi connectivity index (χ0n) is 14.1. The fourth-order valence-electron chi connectivity index (χ4n) is 3.36. The lowest BCUT2D eigenvalue weighted by molar-refractivity contribution is -0.116. The number of rotatable bonds is 3. The van der Waals surface area contributed by atoms with Crippen LogP contribution in [0.1, 0.15) is 39.5 Å². The van der Waals surface area contributed by atoms with E-state index in [-0.39, 0.29) is 16.8 Å². The van der Waals surface area contributed by atoms with Gasteiger partial charge in [0.15, 0.2) is 0 Å². The number of fused-ring (bicyclic) bond motifs is 1. The van der Waals surface area contributed by atoms with Gasteiger partial charge in [-0.25, -0.2) is 13.1 Å². The van der Waals surface area contributed by atoms with E-state index in [1.807, 2.05) is 6.07 Å². The number of carbonyl (C=O) groups is 1. The molecule has 1 aliphatic carbocycles. The van der Waals surface area contributed by atoms with Gasteiger partial charge in [-0.15, -0.1) is 11.8 Å². The Morgan fingerprint density at radius 3 is 2.62 bits per heavy atom. The first-order valence-corrected chi connectivity index (χ1v) is 10.9. The molecule has 2 aliphatic rings. The molecule has 0 unspecified atom stereocenters. The van der Waals surface area contributed by atoms with Crippen molar-refractivity contribution in [2.75, 3.05) is 17.2 Å². The van der Waals surface area contributed by atoms with Crippen LogP contribution in [-0.4, -0.2) is 32.7 Å². The second-order valence-corrected chi connectivity index (χ2v) is 9.58. The lowest BCUT2D eigenvalue weighted by Gasteiger charge is -2.29. The minimum Gasteiger partial charge on any atom is -0.311 e. The maximum Gasteiger partial charge on any atom is 0.240 e. The standard InChI is InChI=1S/C17H24N2O3S2/c1-12-3-5-14(6-4-12)18-24(21,22)15-7-8-17-16(11-15)19(13(2)20)9-10-23-17/h7-8,11-12,14,18H,3-6,9-10H2,1-2H3. The SMILES string of the molecule is CC(=O)N1CCSc2ccc(S(=O)(=O)NC3CCC(C)CC3)cc21. The fraction of sp³-hybridized carbons (Fsp3) is 0.588. The highest BCUT2D eigenvalue weighted by Gasteiger charge is 2.27. The van der Waals surface area contributed by atoms with Crippen molar-refractivity contribution in [1.29, 1.82) is 0 Å². The highest BCUT2D eigenvalue weighted by Crippen LogP contribution is 2.36. The molecule has 1 aromatic rings. The van der Waals surface area contributed by atoms with Crippen molar-refractivity contribution >= 4 is 33.4 Å². The van der Waals surface area contributed by atoms with Crippen LogP contribution >= 0.6 is 11.8 Å². The molecule has 7 heteroatoms. The third kappa shape index (κ3) is 3.78. The van der Waals surface area contributed by atoms with Crippen LogP contribution in [0.5, 0.6) is 0 Å². The number of nitrogens with one attached hydrogen (secondary N) is 1. The molecule has 1 fully saturated rings. The third-order valence-corrected chi connectivity index (χ3v) is 7.38. The van der Waals surface area contributed by atoms with E-state index in [4.69, 9.17) is 0 Å². The molecular formula is C17H24N2O3S2. The Labute approximate surface area is 148 Å².